The summed E-state index contributed by atoms with van der Waals surface area (Å²) in [6.45, 7) is 3.77. The maximum Gasteiger partial charge on any atom is 0.261 e. The van der Waals surface area contributed by atoms with E-state index in [1.807, 2.05) is 23.1 Å². The van der Waals surface area contributed by atoms with E-state index in [4.69, 9.17) is 9.72 Å². The number of anilines is 2. The number of halogens is 3. The molecule has 0 bridgehead atoms. The fraction of sp³-hybridized carbons (Fsp3) is 0.346. The van der Waals surface area contributed by atoms with Gasteiger partial charge in [-0.05, 0) is 44.0 Å². The molecular weight excluding hydrogens is 455 g/mol. The smallest absolute Gasteiger partial charge is 0.261 e. The van der Waals surface area contributed by atoms with Gasteiger partial charge in [-0.25, -0.2) is 13.2 Å². The second-order valence-corrected chi connectivity index (χ2v) is 9.18. The molecule has 1 fully saturated rings. The zero-order valence-electron chi connectivity index (χ0n) is 19.3. The number of benzene rings is 2. The lowest BCUT2D eigenvalue weighted by Gasteiger charge is -2.25. The Bertz CT molecular complexity index is 1540. The third kappa shape index (κ3) is 3.43. The van der Waals surface area contributed by atoms with E-state index in [9.17, 15) is 8.78 Å². The quantitative estimate of drug-likeness (QED) is 0.373. The van der Waals surface area contributed by atoms with Crippen LogP contribution in [0.1, 0.15) is 36.7 Å². The summed E-state index contributed by atoms with van der Waals surface area (Å²) < 4.78 is 51.0. The predicted molar refractivity (Wildman–Crippen MR) is 125 cm³/mol. The first-order chi connectivity index (χ1) is 16.8. The summed E-state index contributed by atoms with van der Waals surface area (Å²) >= 11 is 0. The van der Waals surface area contributed by atoms with Crippen LogP contribution < -0.4 is 4.90 Å². The minimum absolute atomic E-state index is 0.263. The average Bonchev–Trinajstić information content (AvgIpc) is 3.58. The summed E-state index contributed by atoms with van der Waals surface area (Å²) in [6.07, 6.45) is 0.766. The number of hydrogen-bond donors (Lipinski definition) is 0. The maximum absolute atomic E-state index is 15.2. The summed E-state index contributed by atoms with van der Waals surface area (Å²) in [6, 6.07) is 10.4. The molecule has 0 saturated heterocycles. The fourth-order valence-corrected chi connectivity index (χ4v) is 4.72. The van der Waals surface area contributed by atoms with Crippen LogP contribution in [0.15, 0.2) is 36.4 Å². The molecular formula is C26H22F3N5O. The number of fused-ring (bicyclic) bond motifs is 4. The van der Waals surface area contributed by atoms with Crippen molar-refractivity contribution in [3.05, 3.63) is 59.2 Å². The fourth-order valence-electron chi connectivity index (χ4n) is 4.72. The summed E-state index contributed by atoms with van der Waals surface area (Å²) in [4.78, 5) is 6.58. The summed E-state index contributed by atoms with van der Waals surface area (Å²) in [5.41, 5.74) is 1.47. The molecule has 3 heterocycles. The van der Waals surface area contributed by atoms with E-state index in [0.717, 1.165) is 18.2 Å². The molecule has 0 amide bonds. The van der Waals surface area contributed by atoms with Crippen LogP contribution in [0.25, 0.3) is 16.7 Å². The summed E-state index contributed by atoms with van der Waals surface area (Å²) in [7, 11) is 0. The van der Waals surface area contributed by atoms with Gasteiger partial charge in [0.05, 0.1) is 29.5 Å². The van der Waals surface area contributed by atoms with Crippen LogP contribution in [0.3, 0.4) is 0 Å². The van der Waals surface area contributed by atoms with Gasteiger partial charge in [0.25, 0.3) is 11.7 Å². The molecule has 35 heavy (non-hydrogen) atoms. The number of aromatic nitrogens is 4. The van der Waals surface area contributed by atoms with Gasteiger partial charge in [0.1, 0.15) is 17.5 Å². The van der Waals surface area contributed by atoms with Crippen molar-refractivity contribution in [3.63, 3.8) is 0 Å². The SMILES string of the molecule is Cc1nnc2nc(N3CCOCc4c(C#CC5(C(C)(F)F)CC5)cccc43)c3c(F)cccc3n12. The Morgan fingerprint density at radius 1 is 1.11 bits per heavy atom. The van der Waals surface area contributed by atoms with E-state index in [-0.39, 0.29) is 6.61 Å². The minimum atomic E-state index is -2.86. The van der Waals surface area contributed by atoms with Crippen molar-refractivity contribution in [1.29, 1.82) is 0 Å². The van der Waals surface area contributed by atoms with E-state index >= 15 is 4.39 Å². The Kier molecular flexibility index (Phi) is 4.80. The second kappa shape index (κ2) is 7.68. The highest BCUT2D eigenvalue weighted by molar-refractivity contribution is 5.94. The highest BCUT2D eigenvalue weighted by Crippen LogP contribution is 2.56. The lowest BCUT2D eigenvalue weighted by molar-refractivity contribution is -0.0294. The van der Waals surface area contributed by atoms with Crippen molar-refractivity contribution in [3.8, 4) is 11.8 Å². The first kappa shape index (κ1) is 21.9. The minimum Gasteiger partial charge on any atom is -0.375 e. The highest BCUT2D eigenvalue weighted by Gasteiger charge is 2.58. The van der Waals surface area contributed by atoms with Crippen LogP contribution in [0, 0.1) is 30.0 Å². The van der Waals surface area contributed by atoms with Crippen LogP contribution in [0.5, 0.6) is 0 Å². The molecule has 2 aromatic heterocycles. The van der Waals surface area contributed by atoms with Crippen molar-refractivity contribution in [2.24, 2.45) is 5.41 Å². The molecule has 0 unspecified atom stereocenters. The third-order valence-electron chi connectivity index (χ3n) is 6.90. The van der Waals surface area contributed by atoms with Crippen LogP contribution in [0.2, 0.25) is 0 Å². The van der Waals surface area contributed by atoms with E-state index < -0.39 is 17.2 Å². The van der Waals surface area contributed by atoms with Crippen LogP contribution in [-0.4, -0.2) is 38.7 Å². The normalized spacial score (nSPS) is 17.1. The van der Waals surface area contributed by atoms with Crippen molar-refractivity contribution >= 4 is 28.2 Å². The first-order valence-corrected chi connectivity index (χ1v) is 11.5. The molecule has 2 aliphatic rings. The number of ether oxygens (including phenoxy) is 1. The standard InChI is InChI=1S/C26H22F3N5O/c1-16-31-32-24-30-23(22-19(27)6-4-8-21(22)34(16)24)33-13-14-35-15-18-17(5-3-7-20(18)33)9-10-26(11-12-26)25(2,28)29/h3-8H,11-15H2,1-2H3. The number of nitrogens with zero attached hydrogens (tertiary/aromatic N) is 5. The molecule has 1 aliphatic heterocycles. The van der Waals surface area contributed by atoms with Crippen LogP contribution >= 0.6 is 0 Å². The Morgan fingerprint density at radius 3 is 2.69 bits per heavy atom. The molecule has 6 nitrogen and oxygen atoms in total. The molecule has 1 aliphatic carbocycles. The van der Waals surface area contributed by atoms with Crippen molar-refractivity contribution in [1.82, 2.24) is 19.6 Å². The monoisotopic (exact) mass is 477 g/mol. The van der Waals surface area contributed by atoms with Gasteiger partial charge in [-0.1, -0.05) is 24.0 Å². The Balaban J connectivity index is 1.54. The highest BCUT2D eigenvalue weighted by atomic mass is 19.3. The zero-order chi connectivity index (χ0) is 24.4. The van der Waals surface area contributed by atoms with Crippen LogP contribution in [-0.2, 0) is 11.3 Å². The molecule has 9 heteroatoms. The summed E-state index contributed by atoms with van der Waals surface area (Å²) in [5, 5.41) is 8.62. The third-order valence-corrected chi connectivity index (χ3v) is 6.90. The molecule has 0 N–H and O–H groups in total. The van der Waals surface area contributed by atoms with Gasteiger partial charge >= 0.3 is 0 Å². The molecule has 0 radical (unpaired) electrons. The molecule has 0 atom stereocenters. The van der Waals surface area contributed by atoms with Crippen LogP contribution in [0.4, 0.5) is 24.7 Å². The number of aryl methyl sites for hydroxylation is 1. The lowest BCUT2D eigenvalue weighted by atomic mass is 9.98. The Morgan fingerprint density at radius 2 is 1.91 bits per heavy atom. The number of alkyl halides is 2. The van der Waals surface area contributed by atoms with E-state index in [2.05, 4.69) is 22.0 Å². The topological polar surface area (TPSA) is 55.5 Å². The van der Waals surface area contributed by atoms with Gasteiger partial charge in [-0.15, -0.1) is 10.2 Å². The van der Waals surface area contributed by atoms with Gasteiger partial charge in [-0.3, -0.25) is 4.40 Å². The van der Waals surface area contributed by atoms with E-state index in [1.54, 1.807) is 23.5 Å². The second-order valence-electron chi connectivity index (χ2n) is 9.18. The number of hydrogen-bond acceptors (Lipinski definition) is 5. The van der Waals surface area contributed by atoms with Gasteiger partial charge in [0, 0.05) is 30.3 Å². The van der Waals surface area contributed by atoms with Gasteiger partial charge < -0.3 is 9.64 Å². The van der Waals surface area contributed by atoms with Crippen molar-refractivity contribution < 1.29 is 17.9 Å². The van der Waals surface area contributed by atoms with Gasteiger partial charge in [0.2, 0.25) is 0 Å². The molecule has 2 aromatic carbocycles. The van der Waals surface area contributed by atoms with Crippen molar-refractivity contribution in [2.75, 3.05) is 18.1 Å². The number of rotatable bonds is 2. The zero-order valence-corrected chi connectivity index (χ0v) is 19.3. The Labute approximate surface area is 199 Å². The van der Waals surface area contributed by atoms with E-state index in [1.165, 1.54) is 6.07 Å². The maximum atomic E-state index is 15.2. The van der Waals surface area contributed by atoms with Crippen molar-refractivity contribution in [2.45, 2.75) is 39.2 Å². The predicted octanol–water partition coefficient (Wildman–Crippen LogP) is 5.18. The Hall–Kier alpha value is -3.64. The summed E-state index contributed by atoms with van der Waals surface area (Å²) in [5.74, 6) is 3.94. The molecule has 6 rings (SSSR count). The average molecular weight is 477 g/mol. The largest absolute Gasteiger partial charge is 0.375 e. The van der Waals surface area contributed by atoms with E-state index in [0.29, 0.717) is 59.9 Å². The molecule has 0 spiro atoms. The molecule has 178 valence electrons. The van der Waals surface area contributed by atoms with Gasteiger partial charge in [0.15, 0.2) is 0 Å². The first-order valence-electron chi connectivity index (χ1n) is 11.5. The molecule has 4 aromatic rings. The molecule has 1 saturated carbocycles. The lowest BCUT2D eigenvalue weighted by Crippen LogP contribution is -2.24. The van der Waals surface area contributed by atoms with Gasteiger partial charge in [-0.2, -0.15) is 4.98 Å².